The van der Waals surface area contributed by atoms with Gasteiger partial charge in [0.05, 0.1) is 22.8 Å². The number of hydrogen-bond acceptors (Lipinski definition) is 2. The molecule has 0 saturated carbocycles. The Labute approximate surface area is 350 Å². The maximum atomic E-state index is 5.40. The summed E-state index contributed by atoms with van der Waals surface area (Å²) < 4.78 is 3.93. The zero-order valence-electron chi connectivity index (χ0n) is 27.6. The van der Waals surface area contributed by atoms with Crippen LogP contribution in [0.2, 0.25) is 0 Å². The third kappa shape index (κ3) is 6.58. The Hall–Kier alpha value is -4.08. The molecule has 0 aliphatic carbocycles. The molecule has 0 amide bonds. The molecule has 2 aliphatic heterocycles. The van der Waals surface area contributed by atoms with E-state index in [0.717, 1.165) is 107 Å². The topological polar surface area (TPSA) is 57.4 Å². The predicted octanol–water partition coefficient (Wildman–Crippen LogP) is 14.4. The van der Waals surface area contributed by atoms with E-state index in [0.29, 0.717) is 0 Å². The first-order valence-corrected chi connectivity index (χ1v) is 19.8. The predicted molar refractivity (Wildman–Crippen MR) is 231 cm³/mol. The number of nitrogens with zero attached hydrogens (tertiary/aromatic N) is 2. The zero-order valence-corrected chi connectivity index (χ0v) is 35.2. The Balaban J connectivity index is 0.00000400. The fraction of sp³-hybridized carbons (Fsp3) is 0. The molecule has 4 aromatic carbocycles. The standard InChI is InChI=1S/C44H26Br4N4.Mn/c45-29-13-5-1-9-25(29)41-33-17-19-35(49-33)42(26-10-2-6-14-30(26)46)37-21-23-39(51-37)44(28-12-4-8-16-32(28)48)40-24-22-38(52-40)43(36-20-18-34(41)50-36)27-11-3-7-15-31(27)47;/h1-24,49,52H;. The average Bonchev–Trinajstić information content (AvgIpc) is 3.99. The molecular formula is C44H26Br4MnN4. The van der Waals surface area contributed by atoms with E-state index >= 15 is 0 Å². The van der Waals surface area contributed by atoms with E-state index in [2.05, 4.69) is 195 Å². The van der Waals surface area contributed by atoms with Gasteiger partial charge in [-0.3, -0.25) is 0 Å². The van der Waals surface area contributed by atoms with Gasteiger partial charge in [0.25, 0.3) is 0 Å². The largest absolute Gasteiger partial charge is 0.354 e. The van der Waals surface area contributed by atoms with E-state index in [9.17, 15) is 0 Å². The number of hydrogen-bond donors (Lipinski definition) is 2. The van der Waals surface area contributed by atoms with Crippen LogP contribution in [0.5, 0.6) is 0 Å². The van der Waals surface area contributed by atoms with Crippen LogP contribution in [0.3, 0.4) is 0 Å². The van der Waals surface area contributed by atoms with Crippen LogP contribution in [0.4, 0.5) is 0 Å². The summed E-state index contributed by atoms with van der Waals surface area (Å²) >= 11 is 15.4. The van der Waals surface area contributed by atoms with Gasteiger partial charge in [0.1, 0.15) is 0 Å². The number of halogens is 4. The summed E-state index contributed by atoms with van der Waals surface area (Å²) in [5, 5.41) is 0. The van der Waals surface area contributed by atoms with Gasteiger partial charge in [0, 0.05) is 102 Å². The zero-order chi connectivity index (χ0) is 35.3. The fourth-order valence-corrected chi connectivity index (χ4v) is 8.93. The molecule has 8 bridgehead atoms. The maximum Gasteiger partial charge on any atom is 0.0737 e. The normalized spacial score (nSPS) is 11.8. The van der Waals surface area contributed by atoms with Gasteiger partial charge >= 0.3 is 0 Å². The van der Waals surface area contributed by atoms with Crippen molar-refractivity contribution in [3.8, 4) is 44.5 Å². The van der Waals surface area contributed by atoms with Gasteiger partial charge < -0.3 is 9.97 Å². The summed E-state index contributed by atoms with van der Waals surface area (Å²) in [6.07, 6.45) is 8.46. The van der Waals surface area contributed by atoms with Gasteiger partial charge in [0.15, 0.2) is 0 Å². The molecule has 2 aliphatic rings. The van der Waals surface area contributed by atoms with Crippen molar-refractivity contribution in [2.24, 2.45) is 0 Å². The van der Waals surface area contributed by atoms with Crippen LogP contribution in [-0.4, -0.2) is 19.9 Å². The van der Waals surface area contributed by atoms with Crippen LogP contribution in [-0.2, 0) is 17.1 Å². The molecule has 9 rings (SSSR count). The van der Waals surface area contributed by atoms with Crippen molar-refractivity contribution in [2.75, 3.05) is 0 Å². The molecule has 2 N–H and O–H groups in total. The molecule has 5 heterocycles. The van der Waals surface area contributed by atoms with Crippen molar-refractivity contribution >= 4 is 110 Å². The first-order valence-electron chi connectivity index (χ1n) is 16.6. The Morgan fingerprint density at radius 3 is 0.774 bits per heavy atom. The molecular weight excluding hydrogens is 959 g/mol. The number of aromatic amines is 2. The number of rotatable bonds is 4. The Bertz CT molecular complexity index is 2440. The van der Waals surface area contributed by atoms with Crippen molar-refractivity contribution < 1.29 is 17.1 Å². The van der Waals surface area contributed by atoms with Gasteiger partial charge in [-0.25, -0.2) is 9.97 Å². The monoisotopic (exact) mass is 981 g/mol. The molecule has 0 saturated heterocycles. The molecule has 9 heteroatoms. The van der Waals surface area contributed by atoms with Crippen LogP contribution in [0.1, 0.15) is 22.8 Å². The van der Waals surface area contributed by atoms with Crippen molar-refractivity contribution in [1.82, 2.24) is 19.9 Å². The molecule has 4 nitrogen and oxygen atoms in total. The SMILES string of the molecule is Brc1ccccc1-c1c2nc(c(-c3ccccc3Br)c3ccc([nH]3)c(-c3ccccc3Br)c3nc(c(-c4ccccc4Br)c4ccc1[nH]4)C=C3)C=C2.[Mn]. The van der Waals surface area contributed by atoms with Crippen molar-refractivity contribution in [1.29, 1.82) is 0 Å². The minimum absolute atomic E-state index is 0. The Morgan fingerprint density at radius 2 is 0.547 bits per heavy atom. The second-order valence-electron chi connectivity index (χ2n) is 12.4. The molecule has 1 radical (unpaired) electrons. The number of benzene rings is 4. The molecule has 7 aromatic rings. The molecule has 257 valence electrons. The van der Waals surface area contributed by atoms with E-state index in [1.807, 2.05) is 24.3 Å². The minimum atomic E-state index is 0. The van der Waals surface area contributed by atoms with Crippen LogP contribution < -0.4 is 0 Å². The molecule has 0 fully saturated rings. The van der Waals surface area contributed by atoms with Gasteiger partial charge in [-0.15, -0.1) is 0 Å². The summed E-state index contributed by atoms with van der Waals surface area (Å²) in [6, 6.07) is 41.8. The first-order chi connectivity index (χ1) is 25.4. The van der Waals surface area contributed by atoms with Crippen molar-refractivity contribution in [2.45, 2.75) is 0 Å². The van der Waals surface area contributed by atoms with Gasteiger partial charge in [-0.1, -0.05) is 137 Å². The molecule has 0 unspecified atom stereocenters. The minimum Gasteiger partial charge on any atom is -0.354 e. The quantitative estimate of drug-likeness (QED) is 0.173. The second kappa shape index (κ2) is 15.0. The van der Waals surface area contributed by atoms with E-state index in [1.165, 1.54) is 0 Å². The third-order valence-corrected chi connectivity index (χ3v) is 12.1. The summed E-state index contributed by atoms with van der Waals surface area (Å²) in [4.78, 5) is 18.4. The second-order valence-corrected chi connectivity index (χ2v) is 15.8. The maximum absolute atomic E-state index is 5.40. The Morgan fingerprint density at radius 1 is 0.321 bits per heavy atom. The number of nitrogens with one attached hydrogen (secondary N) is 2. The molecule has 3 aromatic heterocycles. The van der Waals surface area contributed by atoms with Crippen molar-refractivity contribution in [3.63, 3.8) is 0 Å². The van der Waals surface area contributed by atoms with Crippen LogP contribution >= 0.6 is 63.7 Å². The summed E-state index contributed by atoms with van der Waals surface area (Å²) in [5.41, 5.74) is 15.3. The van der Waals surface area contributed by atoms with Crippen LogP contribution in [0.25, 0.3) is 90.9 Å². The smallest absolute Gasteiger partial charge is 0.0737 e. The summed E-state index contributed by atoms with van der Waals surface area (Å²) in [6.45, 7) is 0. The van der Waals surface area contributed by atoms with E-state index < -0.39 is 0 Å². The third-order valence-electron chi connectivity index (χ3n) is 9.33. The number of H-pyrrole nitrogens is 2. The molecule has 0 atom stereocenters. The first kappa shape index (κ1) is 35.9. The number of aromatic nitrogens is 4. The van der Waals surface area contributed by atoms with Gasteiger partial charge in [0.2, 0.25) is 0 Å². The molecule has 0 spiro atoms. The van der Waals surface area contributed by atoms with E-state index in [-0.39, 0.29) is 17.1 Å². The summed E-state index contributed by atoms with van der Waals surface area (Å²) in [7, 11) is 0. The van der Waals surface area contributed by atoms with Gasteiger partial charge in [-0.2, -0.15) is 0 Å². The van der Waals surface area contributed by atoms with E-state index in [1.54, 1.807) is 0 Å². The number of fused-ring (bicyclic) bond motifs is 8. The van der Waals surface area contributed by atoms with E-state index in [4.69, 9.17) is 9.97 Å². The van der Waals surface area contributed by atoms with Crippen molar-refractivity contribution in [3.05, 3.63) is 162 Å². The van der Waals surface area contributed by atoms with Crippen LogP contribution in [0.15, 0.2) is 139 Å². The summed E-state index contributed by atoms with van der Waals surface area (Å²) in [5.74, 6) is 0. The fourth-order valence-electron chi connectivity index (χ4n) is 6.99. The Kier molecular flexibility index (Phi) is 10.2. The average molecular weight is 985 g/mol. The molecule has 53 heavy (non-hydrogen) atoms. The van der Waals surface area contributed by atoms with Gasteiger partial charge in [-0.05, 0) is 72.8 Å². The van der Waals surface area contributed by atoms with Crippen LogP contribution in [0, 0.1) is 0 Å².